The second kappa shape index (κ2) is 11.1. The van der Waals surface area contributed by atoms with Gasteiger partial charge in [-0.2, -0.15) is 0 Å². The number of carbonyl (C=O) groups is 2. The smallest absolute Gasteiger partial charge is 0.265 e. The Morgan fingerprint density at radius 1 is 1.03 bits per heavy atom. The molecule has 2 atom stereocenters. The number of hydrogen-bond acceptors (Lipinski definition) is 4. The number of nitrogens with one attached hydrogen (secondary N) is 1. The van der Waals surface area contributed by atoms with Gasteiger partial charge in [-0.25, -0.2) is 8.42 Å². The molecule has 0 unspecified atom stereocenters. The van der Waals surface area contributed by atoms with Gasteiger partial charge in [-0.05, 0) is 61.9 Å². The maximum Gasteiger partial charge on any atom is 0.265 e. The molecule has 0 fully saturated rings. The standard InChI is InChI=1S/C28H32ClN3O4S/c1-4-19(2)30-28(34)20(3)31(18-21-13-15-23(29)16-14-21)26(33)12-7-17-32-24-10-5-8-22-9-6-11-25(27(22)24)37(32,35)36/h5-6,8-11,13-16,19-20H,4,7,12,17-18H2,1-3H3,(H,30,34)/t19-,20-/m1/s1. The summed E-state index contributed by atoms with van der Waals surface area (Å²) in [5.41, 5.74) is 1.49. The van der Waals surface area contributed by atoms with Crippen molar-refractivity contribution in [3.05, 3.63) is 71.2 Å². The number of rotatable bonds is 10. The Bertz CT molecular complexity index is 1400. The van der Waals surface area contributed by atoms with Gasteiger partial charge in [0.15, 0.2) is 0 Å². The molecule has 1 heterocycles. The van der Waals surface area contributed by atoms with Crippen LogP contribution in [-0.2, 0) is 26.2 Å². The van der Waals surface area contributed by atoms with Gasteiger partial charge in [-0.1, -0.05) is 54.9 Å². The van der Waals surface area contributed by atoms with E-state index in [1.165, 1.54) is 4.31 Å². The van der Waals surface area contributed by atoms with Crippen LogP contribution in [0.2, 0.25) is 5.02 Å². The van der Waals surface area contributed by atoms with Crippen LogP contribution in [0.1, 0.15) is 45.6 Å². The molecule has 0 aliphatic carbocycles. The summed E-state index contributed by atoms with van der Waals surface area (Å²) in [6.45, 7) is 6.04. The van der Waals surface area contributed by atoms with Crippen molar-refractivity contribution in [3.8, 4) is 0 Å². The van der Waals surface area contributed by atoms with E-state index >= 15 is 0 Å². The summed E-state index contributed by atoms with van der Waals surface area (Å²) in [6, 6.07) is 17.3. The van der Waals surface area contributed by atoms with E-state index in [2.05, 4.69) is 5.32 Å². The molecule has 7 nitrogen and oxygen atoms in total. The Kier molecular flexibility index (Phi) is 8.09. The fourth-order valence-electron chi connectivity index (χ4n) is 4.55. The highest BCUT2D eigenvalue weighted by Crippen LogP contribution is 2.42. The number of carbonyl (C=O) groups excluding carboxylic acids is 2. The molecular weight excluding hydrogens is 510 g/mol. The molecule has 1 N–H and O–H groups in total. The number of nitrogens with zero attached hydrogens (tertiary/aromatic N) is 2. The molecule has 37 heavy (non-hydrogen) atoms. The van der Waals surface area contributed by atoms with Crippen molar-refractivity contribution in [2.24, 2.45) is 0 Å². The van der Waals surface area contributed by atoms with Gasteiger partial charge in [-0.3, -0.25) is 13.9 Å². The molecule has 9 heteroatoms. The molecule has 0 radical (unpaired) electrons. The van der Waals surface area contributed by atoms with E-state index in [-0.39, 0.29) is 37.4 Å². The van der Waals surface area contributed by atoms with E-state index in [9.17, 15) is 18.0 Å². The highest BCUT2D eigenvalue weighted by atomic mass is 35.5. The van der Waals surface area contributed by atoms with Crippen molar-refractivity contribution in [1.82, 2.24) is 10.2 Å². The van der Waals surface area contributed by atoms with Crippen molar-refractivity contribution < 1.29 is 18.0 Å². The van der Waals surface area contributed by atoms with E-state index in [0.717, 1.165) is 22.8 Å². The second-order valence-corrected chi connectivity index (χ2v) is 11.7. The first-order valence-electron chi connectivity index (χ1n) is 12.5. The van der Waals surface area contributed by atoms with Gasteiger partial charge in [-0.15, -0.1) is 0 Å². The van der Waals surface area contributed by atoms with Crippen molar-refractivity contribution >= 4 is 49.9 Å². The monoisotopic (exact) mass is 541 g/mol. The zero-order valence-corrected chi connectivity index (χ0v) is 22.8. The minimum absolute atomic E-state index is 0.00727. The zero-order chi connectivity index (χ0) is 26.7. The zero-order valence-electron chi connectivity index (χ0n) is 21.3. The van der Waals surface area contributed by atoms with Gasteiger partial charge in [0.2, 0.25) is 11.8 Å². The Morgan fingerprint density at radius 3 is 2.38 bits per heavy atom. The molecule has 0 saturated carbocycles. The molecule has 1 aliphatic heterocycles. The van der Waals surface area contributed by atoms with Crippen LogP contribution < -0.4 is 9.62 Å². The van der Waals surface area contributed by atoms with Crippen LogP contribution in [0.4, 0.5) is 5.69 Å². The lowest BCUT2D eigenvalue weighted by molar-refractivity contribution is -0.140. The maximum atomic E-state index is 13.4. The number of hydrogen-bond donors (Lipinski definition) is 1. The molecular formula is C28H32ClN3O4S. The van der Waals surface area contributed by atoms with E-state index in [1.807, 2.05) is 44.2 Å². The minimum Gasteiger partial charge on any atom is -0.352 e. The molecule has 0 saturated heterocycles. The molecule has 3 aromatic rings. The predicted octanol–water partition coefficient (Wildman–Crippen LogP) is 5.11. The first kappa shape index (κ1) is 26.9. The van der Waals surface area contributed by atoms with E-state index < -0.39 is 16.1 Å². The normalized spacial score (nSPS) is 15.4. The summed E-state index contributed by atoms with van der Waals surface area (Å²) in [6.07, 6.45) is 1.20. The van der Waals surface area contributed by atoms with Gasteiger partial charge in [0.05, 0.1) is 10.6 Å². The van der Waals surface area contributed by atoms with Crippen molar-refractivity contribution in [1.29, 1.82) is 0 Å². The van der Waals surface area contributed by atoms with Crippen LogP contribution in [-0.4, -0.2) is 43.8 Å². The van der Waals surface area contributed by atoms with Gasteiger partial charge in [0, 0.05) is 36.0 Å². The lowest BCUT2D eigenvalue weighted by Gasteiger charge is -2.30. The van der Waals surface area contributed by atoms with Crippen LogP contribution in [0.3, 0.4) is 0 Å². The van der Waals surface area contributed by atoms with Gasteiger partial charge in [0.1, 0.15) is 6.04 Å². The Labute approximate surface area is 223 Å². The quantitative estimate of drug-likeness (QED) is 0.386. The Hall–Kier alpha value is -3.10. The number of amides is 2. The molecule has 0 spiro atoms. The molecule has 2 amide bonds. The number of halogens is 1. The third-order valence-corrected chi connectivity index (χ3v) is 8.98. The molecule has 4 rings (SSSR count). The van der Waals surface area contributed by atoms with Crippen molar-refractivity contribution in [3.63, 3.8) is 0 Å². The Morgan fingerprint density at radius 2 is 1.70 bits per heavy atom. The molecule has 0 bridgehead atoms. The summed E-state index contributed by atoms with van der Waals surface area (Å²) in [5.74, 6) is -0.435. The predicted molar refractivity (Wildman–Crippen MR) is 147 cm³/mol. The molecule has 1 aliphatic rings. The minimum atomic E-state index is -3.68. The number of benzene rings is 3. The SMILES string of the molecule is CC[C@@H](C)NC(=O)[C@@H](C)N(Cc1ccc(Cl)cc1)C(=O)CCCN1c2cccc3cccc(c23)S1(=O)=O. The first-order valence-corrected chi connectivity index (χ1v) is 14.3. The summed E-state index contributed by atoms with van der Waals surface area (Å²) in [5, 5.41) is 5.13. The molecule has 3 aromatic carbocycles. The van der Waals surface area contributed by atoms with E-state index in [1.54, 1.807) is 42.2 Å². The van der Waals surface area contributed by atoms with E-state index in [4.69, 9.17) is 11.6 Å². The summed E-state index contributed by atoms with van der Waals surface area (Å²) in [4.78, 5) is 28.1. The average Bonchev–Trinajstić information content (AvgIpc) is 3.10. The van der Waals surface area contributed by atoms with Crippen LogP contribution in [0, 0.1) is 0 Å². The highest BCUT2D eigenvalue weighted by Gasteiger charge is 2.35. The molecule has 196 valence electrons. The Balaban J connectivity index is 1.49. The number of sulfonamides is 1. The fraction of sp³-hybridized carbons (Fsp3) is 0.357. The topological polar surface area (TPSA) is 86.8 Å². The lowest BCUT2D eigenvalue weighted by Crippen LogP contribution is -2.49. The van der Waals surface area contributed by atoms with Crippen molar-refractivity contribution in [2.45, 2.75) is 63.6 Å². The summed E-state index contributed by atoms with van der Waals surface area (Å²) >= 11 is 6.01. The highest BCUT2D eigenvalue weighted by molar-refractivity contribution is 7.93. The van der Waals surface area contributed by atoms with Crippen LogP contribution >= 0.6 is 11.6 Å². The fourth-order valence-corrected chi connectivity index (χ4v) is 6.43. The average molecular weight is 542 g/mol. The van der Waals surface area contributed by atoms with Crippen molar-refractivity contribution in [2.75, 3.05) is 10.8 Å². The van der Waals surface area contributed by atoms with E-state index in [0.29, 0.717) is 22.0 Å². The largest absolute Gasteiger partial charge is 0.352 e. The van der Waals surface area contributed by atoms with Crippen LogP contribution in [0.15, 0.2) is 65.6 Å². The first-order chi connectivity index (χ1) is 17.6. The summed E-state index contributed by atoms with van der Waals surface area (Å²) in [7, 11) is -3.68. The van der Waals surface area contributed by atoms with Gasteiger partial charge in [0.25, 0.3) is 10.0 Å². The molecule has 0 aromatic heterocycles. The van der Waals surface area contributed by atoms with Gasteiger partial charge >= 0.3 is 0 Å². The number of anilines is 1. The van der Waals surface area contributed by atoms with Crippen LogP contribution in [0.5, 0.6) is 0 Å². The van der Waals surface area contributed by atoms with Crippen LogP contribution in [0.25, 0.3) is 10.8 Å². The summed E-state index contributed by atoms with van der Waals surface area (Å²) < 4.78 is 27.9. The third-order valence-electron chi connectivity index (χ3n) is 6.87. The maximum absolute atomic E-state index is 13.4. The van der Waals surface area contributed by atoms with Gasteiger partial charge < -0.3 is 10.2 Å². The third kappa shape index (κ3) is 5.60. The second-order valence-electron chi connectivity index (χ2n) is 9.45. The lowest BCUT2D eigenvalue weighted by atomic mass is 10.1.